The van der Waals surface area contributed by atoms with Gasteiger partial charge in [-0.2, -0.15) is 0 Å². The maximum atomic E-state index is 10.6. The summed E-state index contributed by atoms with van der Waals surface area (Å²) in [7, 11) is 1.69. The topological polar surface area (TPSA) is 78.4 Å². The molecule has 2 rings (SSSR count). The number of hydrogen-bond donors (Lipinski definition) is 2. The number of carboxylic acids is 1. The molecular weight excluding hydrogens is 208 g/mol. The molecule has 1 saturated carbocycles. The highest BCUT2D eigenvalue weighted by atomic mass is 16.4. The van der Waals surface area contributed by atoms with E-state index in [0.29, 0.717) is 11.9 Å². The van der Waals surface area contributed by atoms with Crippen LogP contribution in [0.5, 0.6) is 0 Å². The zero-order valence-corrected chi connectivity index (χ0v) is 9.05. The van der Waals surface area contributed by atoms with Crippen LogP contribution in [0.15, 0.2) is 12.4 Å². The Balaban J connectivity index is 2.04. The summed E-state index contributed by atoms with van der Waals surface area (Å²) < 4.78 is 0. The average molecular weight is 222 g/mol. The summed E-state index contributed by atoms with van der Waals surface area (Å²) in [4.78, 5) is 20.2. The van der Waals surface area contributed by atoms with Gasteiger partial charge in [0.15, 0.2) is 0 Å². The van der Waals surface area contributed by atoms with Gasteiger partial charge in [0, 0.05) is 19.2 Å². The fourth-order valence-corrected chi connectivity index (χ4v) is 1.36. The molecule has 0 atom stereocenters. The van der Waals surface area contributed by atoms with Gasteiger partial charge in [-0.3, -0.25) is 4.79 Å². The van der Waals surface area contributed by atoms with Crippen molar-refractivity contribution in [3.8, 4) is 0 Å². The van der Waals surface area contributed by atoms with Gasteiger partial charge in [-0.25, -0.2) is 9.97 Å². The second-order valence-corrected chi connectivity index (χ2v) is 3.93. The van der Waals surface area contributed by atoms with E-state index in [2.05, 4.69) is 15.3 Å². The lowest BCUT2D eigenvalue weighted by molar-refractivity contribution is -0.135. The van der Waals surface area contributed by atoms with Gasteiger partial charge >= 0.3 is 5.97 Å². The number of aliphatic carboxylic acids is 1. The first kappa shape index (κ1) is 10.7. The number of anilines is 2. The van der Waals surface area contributed by atoms with Gasteiger partial charge in [-0.15, -0.1) is 0 Å². The van der Waals surface area contributed by atoms with Crippen molar-refractivity contribution >= 4 is 17.6 Å². The van der Waals surface area contributed by atoms with E-state index in [1.54, 1.807) is 18.0 Å². The van der Waals surface area contributed by atoms with Crippen LogP contribution in [-0.4, -0.2) is 40.7 Å². The Labute approximate surface area is 93.3 Å². The molecule has 1 aromatic heterocycles. The second kappa shape index (κ2) is 4.34. The molecule has 0 saturated heterocycles. The Hall–Kier alpha value is -1.85. The normalized spacial score (nSPS) is 14.6. The van der Waals surface area contributed by atoms with Crippen LogP contribution >= 0.6 is 0 Å². The molecule has 0 aromatic carbocycles. The van der Waals surface area contributed by atoms with Crippen molar-refractivity contribution < 1.29 is 9.90 Å². The Kier molecular flexibility index (Phi) is 2.89. The molecule has 0 bridgehead atoms. The number of aromatic nitrogens is 2. The minimum atomic E-state index is -0.877. The van der Waals surface area contributed by atoms with Gasteiger partial charge in [0.2, 0.25) is 0 Å². The molecule has 0 unspecified atom stereocenters. The molecule has 16 heavy (non-hydrogen) atoms. The fourth-order valence-electron chi connectivity index (χ4n) is 1.36. The first-order chi connectivity index (χ1) is 7.65. The molecule has 2 N–H and O–H groups in total. The summed E-state index contributed by atoms with van der Waals surface area (Å²) in [5, 5.41) is 11.9. The number of hydrogen-bond acceptors (Lipinski definition) is 5. The summed E-state index contributed by atoms with van der Waals surface area (Å²) in [6.07, 6.45) is 3.78. The van der Waals surface area contributed by atoms with Crippen molar-refractivity contribution in [1.82, 2.24) is 9.97 Å². The minimum absolute atomic E-state index is 0.0696. The Morgan fingerprint density at radius 1 is 1.62 bits per heavy atom. The van der Waals surface area contributed by atoms with Gasteiger partial charge in [0.05, 0.1) is 0 Å². The summed E-state index contributed by atoms with van der Waals surface area (Å²) in [6, 6.07) is 2.29. The Morgan fingerprint density at radius 3 is 3.00 bits per heavy atom. The van der Waals surface area contributed by atoms with E-state index in [0.717, 1.165) is 5.82 Å². The number of rotatable bonds is 5. The van der Waals surface area contributed by atoms with E-state index in [4.69, 9.17) is 5.11 Å². The molecule has 0 aliphatic heterocycles. The van der Waals surface area contributed by atoms with Gasteiger partial charge in [-0.05, 0) is 12.8 Å². The standard InChI is InChI=1S/C10H14N4O2/c1-14(5-10(15)16)9-4-8(11-6-12-9)13-7-2-3-7/h4,6-7H,2-3,5H2,1H3,(H,15,16)(H,11,12,13). The van der Waals surface area contributed by atoms with Crippen LogP contribution in [0.2, 0.25) is 0 Å². The van der Waals surface area contributed by atoms with Crippen molar-refractivity contribution in [2.75, 3.05) is 23.8 Å². The molecule has 1 fully saturated rings. The van der Waals surface area contributed by atoms with Crippen LogP contribution in [0.3, 0.4) is 0 Å². The van der Waals surface area contributed by atoms with E-state index in [9.17, 15) is 4.79 Å². The highest BCUT2D eigenvalue weighted by Crippen LogP contribution is 2.24. The second-order valence-electron chi connectivity index (χ2n) is 3.93. The van der Waals surface area contributed by atoms with Crippen molar-refractivity contribution in [2.45, 2.75) is 18.9 Å². The largest absolute Gasteiger partial charge is 0.480 e. The highest BCUT2D eigenvalue weighted by molar-refractivity contribution is 5.73. The van der Waals surface area contributed by atoms with Crippen molar-refractivity contribution in [3.05, 3.63) is 12.4 Å². The van der Waals surface area contributed by atoms with Crippen molar-refractivity contribution in [1.29, 1.82) is 0 Å². The average Bonchev–Trinajstić information content (AvgIpc) is 3.01. The van der Waals surface area contributed by atoms with E-state index < -0.39 is 5.97 Å². The van der Waals surface area contributed by atoms with Crippen LogP contribution in [0.1, 0.15) is 12.8 Å². The SMILES string of the molecule is CN(CC(=O)O)c1cc(NC2CC2)ncn1. The summed E-state index contributed by atoms with van der Waals surface area (Å²) in [6.45, 7) is -0.0696. The van der Waals surface area contributed by atoms with Gasteiger partial charge in [-0.1, -0.05) is 0 Å². The maximum Gasteiger partial charge on any atom is 0.323 e. The molecule has 6 nitrogen and oxygen atoms in total. The lowest BCUT2D eigenvalue weighted by Crippen LogP contribution is -2.26. The molecule has 0 radical (unpaired) electrons. The molecule has 86 valence electrons. The molecular formula is C10H14N4O2. The molecule has 0 amide bonds. The summed E-state index contributed by atoms with van der Waals surface area (Å²) in [5.74, 6) is 0.489. The summed E-state index contributed by atoms with van der Waals surface area (Å²) >= 11 is 0. The molecule has 1 aromatic rings. The number of carbonyl (C=O) groups is 1. The fraction of sp³-hybridized carbons (Fsp3) is 0.500. The lowest BCUT2D eigenvalue weighted by Gasteiger charge is -2.15. The molecule has 1 aliphatic carbocycles. The van der Waals surface area contributed by atoms with Gasteiger partial charge < -0.3 is 15.3 Å². The lowest BCUT2D eigenvalue weighted by atomic mass is 10.4. The van der Waals surface area contributed by atoms with Gasteiger partial charge in [0.25, 0.3) is 0 Å². The molecule has 1 heterocycles. The number of carboxylic acid groups (broad SMARTS) is 1. The Bertz CT molecular complexity index is 392. The van der Waals surface area contributed by atoms with E-state index in [1.807, 2.05) is 0 Å². The maximum absolute atomic E-state index is 10.6. The molecule has 6 heteroatoms. The van der Waals surface area contributed by atoms with Crippen LogP contribution < -0.4 is 10.2 Å². The van der Waals surface area contributed by atoms with Crippen LogP contribution in [0, 0.1) is 0 Å². The van der Waals surface area contributed by atoms with Crippen LogP contribution in [-0.2, 0) is 4.79 Å². The zero-order valence-electron chi connectivity index (χ0n) is 9.05. The van der Waals surface area contributed by atoms with Crippen molar-refractivity contribution in [3.63, 3.8) is 0 Å². The quantitative estimate of drug-likeness (QED) is 0.758. The molecule has 1 aliphatic rings. The first-order valence-electron chi connectivity index (χ1n) is 5.16. The smallest absolute Gasteiger partial charge is 0.323 e. The van der Waals surface area contributed by atoms with Crippen LogP contribution in [0.4, 0.5) is 11.6 Å². The monoisotopic (exact) mass is 222 g/mol. The van der Waals surface area contributed by atoms with E-state index >= 15 is 0 Å². The number of nitrogens with zero attached hydrogens (tertiary/aromatic N) is 3. The van der Waals surface area contributed by atoms with Crippen molar-refractivity contribution in [2.24, 2.45) is 0 Å². The predicted molar refractivity (Wildman–Crippen MR) is 59.6 cm³/mol. The summed E-state index contributed by atoms with van der Waals surface area (Å²) in [5.41, 5.74) is 0. The zero-order chi connectivity index (χ0) is 11.5. The Morgan fingerprint density at radius 2 is 2.38 bits per heavy atom. The first-order valence-corrected chi connectivity index (χ1v) is 5.16. The van der Waals surface area contributed by atoms with Gasteiger partial charge in [0.1, 0.15) is 24.5 Å². The van der Waals surface area contributed by atoms with E-state index in [1.165, 1.54) is 19.2 Å². The minimum Gasteiger partial charge on any atom is -0.480 e. The third-order valence-corrected chi connectivity index (χ3v) is 2.35. The number of nitrogens with one attached hydrogen (secondary N) is 1. The molecule has 0 spiro atoms. The third-order valence-electron chi connectivity index (χ3n) is 2.35. The number of likely N-dealkylation sites (N-methyl/N-ethyl adjacent to an activating group) is 1. The highest BCUT2D eigenvalue weighted by Gasteiger charge is 2.21. The van der Waals surface area contributed by atoms with E-state index in [-0.39, 0.29) is 6.54 Å². The van der Waals surface area contributed by atoms with Crippen LogP contribution in [0.25, 0.3) is 0 Å². The third kappa shape index (κ3) is 2.82. The predicted octanol–water partition coefficient (Wildman–Crippen LogP) is 0.572.